The molecule has 0 unspecified atom stereocenters. The molecule has 0 radical (unpaired) electrons. The van der Waals surface area contributed by atoms with E-state index in [9.17, 15) is 5.11 Å². The molecule has 1 heterocycles. The number of rotatable bonds is 1. The summed E-state index contributed by atoms with van der Waals surface area (Å²) in [5.74, 6) is 0.961. The number of aromatic amines is 1. The molecule has 0 aliphatic carbocycles. The highest BCUT2D eigenvalue weighted by Crippen LogP contribution is 2.29. The quantitative estimate of drug-likeness (QED) is 0.699. The van der Waals surface area contributed by atoms with Gasteiger partial charge < -0.3 is 10.1 Å². The summed E-state index contributed by atoms with van der Waals surface area (Å²) in [6.45, 7) is 0. The maximum atomic E-state index is 9.42. The first-order chi connectivity index (χ1) is 8.63. The SMILES string of the molecule is Oc1ccc2nc(-c3ccc(Cl)c(Br)c3)[nH]c2c1. The summed E-state index contributed by atoms with van der Waals surface area (Å²) in [4.78, 5) is 7.63. The van der Waals surface area contributed by atoms with Crippen molar-refractivity contribution in [1.29, 1.82) is 0 Å². The van der Waals surface area contributed by atoms with Crippen molar-refractivity contribution in [2.75, 3.05) is 0 Å². The smallest absolute Gasteiger partial charge is 0.138 e. The highest BCUT2D eigenvalue weighted by atomic mass is 79.9. The van der Waals surface area contributed by atoms with Gasteiger partial charge in [-0.1, -0.05) is 11.6 Å². The van der Waals surface area contributed by atoms with Crippen LogP contribution in [0.15, 0.2) is 40.9 Å². The lowest BCUT2D eigenvalue weighted by molar-refractivity contribution is 0.476. The minimum atomic E-state index is 0.218. The molecule has 0 fully saturated rings. The third-order valence-corrected chi connectivity index (χ3v) is 3.87. The standard InChI is InChI=1S/C13H8BrClN2O/c14-9-5-7(1-3-10(9)15)13-16-11-4-2-8(18)6-12(11)17-13/h1-6,18H,(H,16,17). The van der Waals surface area contributed by atoms with Gasteiger partial charge in [0.25, 0.3) is 0 Å². The Morgan fingerprint density at radius 3 is 2.78 bits per heavy atom. The second-order valence-corrected chi connectivity index (χ2v) is 5.18. The fraction of sp³-hybridized carbons (Fsp3) is 0. The van der Waals surface area contributed by atoms with Crippen LogP contribution in [0.2, 0.25) is 5.02 Å². The molecule has 3 aromatic rings. The van der Waals surface area contributed by atoms with Gasteiger partial charge in [-0.3, -0.25) is 0 Å². The van der Waals surface area contributed by atoms with Crippen molar-refractivity contribution in [2.24, 2.45) is 0 Å². The summed E-state index contributed by atoms with van der Waals surface area (Å²) in [6, 6.07) is 10.6. The van der Waals surface area contributed by atoms with E-state index < -0.39 is 0 Å². The number of imidazole rings is 1. The van der Waals surface area contributed by atoms with Gasteiger partial charge in [0.15, 0.2) is 0 Å². The molecule has 3 nitrogen and oxygen atoms in total. The highest BCUT2D eigenvalue weighted by Gasteiger charge is 2.07. The lowest BCUT2D eigenvalue weighted by Gasteiger charge is -1.99. The molecule has 18 heavy (non-hydrogen) atoms. The molecule has 0 saturated heterocycles. The molecule has 0 atom stereocenters. The number of nitrogens with one attached hydrogen (secondary N) is 1. The Kier molecular flexibility index (Phi) is 2.76. The van der Waals surface area contributed by atoms with Gasteiger partial charge in [0.05, 0.1) is 16.1 Å². The summed E-state index contributed by atoms with van der Waals surface area (Å²) < 4.78 is 0.824. The number of halogens is 2. The summed E-state index contributed by atoms with van der Waals surface area (Å²) >= 11 is 9.34. The zero-order chi connectivity index (χ0) is 12.7. The van der Waals surface area contributed by atoms with Crippen molar-refractivity contribution in [1.82, 2.24) is 9.97 Å². The van der Waals surface area contributed by atoms with Gasteiger partial charge in [0.2, 0.25) is 0 Å². The third kappa shape index (κ3) is 1.98. The Morgan fingerprint density at radius 1 is 1.17 bits per heavy atom. The van der Waals surface area contributed by atoms with Crippen LogP contribution in [0.3, 0.4) is 0 Å². The van der Waals surface area contributed by atoms with Crippen molar-refractivity contribution >= 4 is 38.6 Å². The first kappa shape index (κ1) is 11.6. The molecule has 0 amide bonds. The topological polar surface area (TPSA) is 48.9 Å². The van der Waals surface area contributed by atoms with Crippen LogP contribution in [-0.4, -0.2) is 15.1 Å². The summed E-state index contributed by atoms with van der Waals surface area (Å²) in [5, 5.41) is 10.1. The van der Waals surface area contributed by atoms with E-state index in [1.165, 1.54) is 0 Å². The minimum absolute atomic E-state index is 0.218. The molecule has 0 bridgehead atoms. The van der Waals surface area contributed by atoms with E-state index >= 15 is 0 Å². The molecule has 3 rings (SSSR count). The average molecular weight is 324 g/mol. The predicted octanol–water partition coefficient (Wildman–Crippen LogP) is 4.35. The van der Waals surface area contributed by atoms with E-state index in [0.29, 0.717) is 5.02 Å². The Hall–Kier alpha value is -1.52. The maximum absolute atomic E-state index is 9.42. The largest absolute Gasteiger partial charge is 0.508 e. The van der Waals surface area contributed by atoms with Crippen molar-refractivity contribution < 1.29 is 5.11 Å². The van der Waals surface area contributed by atoms with E-state index in [1.807, 2.05) is 18.2 Å². The Labute approximate surface area is 117 Å². The van der Waals surface area contributed by atoms with E-state index in [2.05, 4.69) is 25.9 Å². The third-order valence-electron chi connectivity index (χ3n) is 2.66. The molecule has 0 aliphatic heterocycles. The first-order valence-electron chi connectivity index (χ1n) is 5.27. The second-order valence-electron chi connectivity index (χ2n) is 3.92. The first-order valence-corrected chi connectivity index (χ1v) is 6.45. The van der Waals surface area contributed by atoms with Crippen LogP contribution in [0.4, 0.5) is 0 Å². The summed E-state index contributed by atoms with van der Waals surface area (Å²) in [7, 11) is 0. The van der Waals surface area contributed by atoms with Gasteiger partial charge >= 0.3 is 0 Å². The number of nitrogens with zero attached hydrogens (tertiary/aromatic N) is 1. The molecular weight excluding hydrogens is 316 g/mol. The number of phenolic OH excluding ortho intramolecular Hbond substituents is 1. The Balaban J connectivity index is 2.16. The van der Waals surface area contributed by atoms with Crippen LogP contribution in [0.25, 0.3) is 22.4 Å². The number of aromatic nitrogens is 2. The molecular formula is C13H8BrClN2O. The van der Waals surface area contributed by atoms with Gasteiger partial charge in [0, 0.05) is 16.1 Å². The van der Waals surface area contributed by atoms with Crippen LogP contribution in [0.5, 0.6) is 5.75 Å². The fourth-order valence-corrected chi connectivity index (χ4v) is 2.27. The van der Waals surface area contributed by atoms with Crippen LogP contribution in [-0.2, 0) is 0 Å². The highest BCUT2D eigenvalue weighted by molar-refractivity contribution is 9.10. The molecule has 2 aromatic carbocycles. The van der Waals surface area contributed by atoms with Crippen molar-refractivity contribution in [3.05, 3.63) is 45.9 Å². The van der Waals surface area contributed by atoms with Gasteiger partial charge in [-0.05, 0) is 46.3 Å². The summed E-state index contributed by atoms with van der Waals surface area (Å²) in [5.41, 5.74) is 2.55. The molecule has 1 aromatic heterocycles. The van der Waals surface area contributed by atoms with E-state index in [0.717, 1.165) is 26.9 Å². The molecule has 5 heteroatoms. The number of benzene rings is 2. The number of fused-ring (bicyclic) bond motifs is 1. The number of hydrogen-bond acceptors (Lipinski definition) is 2. The maximum Gasteiger partial charge on any atom is 0.138 e. The van der Waals surface area contributed by atoms with Crippen LogP contribution in [0, 0.1) is 0 Å². The molecule has 2 N–H and O–H groups in total. The van der Waals surface area contributed by atoms with E-state index in [-0.39, 0.29) is 5.75 Å². The van der Waals surface area contributed by atoms with Crippen molar-refractivity contribution in [3.63, 3.8) is 0 Å². The van der Waals surface area contributed by atoms with E-state index in [4.69, 9.17) is 11.6 Å². The van der Waals surface area contributed by atoms with Gasteiger partial charge in [-0.25, -0.2) is 4.98 Å². The number of H-pyrrole nitrogens is 1. The zero-order valence-corrected chi connectivity index (χ0v) is 11.5. The van der Waals surface area contributed by atoms with Gasteiger partial charge in [-0.15, -0.1) is 0 Å². The Bertz CT molecular complexity index is 739. The Morgan fingerprint density at radius 2 is 2.00 bits per heavy atom. The van der Waals surface area contributed by atoms with Gasteiger partial charge in [0.1, 0.15) is 11.6 Å². The molecule has 0 spiro atoms. The van der Waals surface area contributed by atoms with Crippen LogP contribution >= 0.6 is 27.5 Å². The van der Waals surface area contributed by atoms with Crippen LogP contribution < -0.4 is 0 Å². The molecule has 0 aliphatic rings. The van der Waals surface area contributed by atoms with Crippen molar-refractivity contribution in [2.45, 2.75) is 0 Å². The fourth-order valence-electron chi connectivity index (χ4n) is 1.78. The number of aromatic hydroxyl groups is 1. The average Bonchev–Trinajstić information content (AvgIpc) is 2.75. The lowest BCUT2D eigenvalue weighted by Crippen LogP contribution is -1.80. The minimum Gasteiger partial charge on any atom is -0.508 e. The number of phenols is 1. The monoisotopic (exact) mass is 322 g/mol. The van der Waals surface area contributed by atoms with Crippen molar-refractivity contribution in [3.8, 4) is 17.1 Å². The molecule has 0 saturated carbocycles. The predicted molar refractivity (Wildman–Crippen MR) is 75.9 cm³/mol. The van der Waals surface area contributed by atoms with E-state index in [1.54, 1.807) is 18.2 Å². The number of hydrogen-bond donors (Lipinski definition) is 2. The lowest BCUT2D eigenvalue weighted by atomic mass is 10.2. The van der Waals surface area contributed by atoms with Gasteiger partial charge in [-0.2, -0.15) is 0 Å². The zero-order valence-electron chi connectivity index (χ0n) is 9.11. The summed E-state index contributed by atoms with van der Waals surface area (Å²) in [6.07, 6.45) is 0. The molecule has 90 valence electrons. The normalized spacial score (nSPS) is 11.0. The second kappa shape index (κ2) is 4.30. The van der Waals surface area contributed by atoms with Crippen LogP contribution in [0.1, 0.15) is 0 Å².